The maximum atomic E-state index is 12.8. The molecule has 1 N–H and O–H groups in total. The summed E-state index contributed by atoms with van der Waals surface area (Å²) in [6.45, 7) is 5.28. The quantitative estimate of drug-likeness (QED) is 0.0214. The summed E-state index contributed by atoms with van der Waals surface area (Å²) in [5, 5.41) is 0. The lowest BCUT2D eigenvalue weighted by molar-refractivity contribution is -0.870. The minimum atomic E-state index is -4.30. The number of carbonyl (C=O) groups excluding carboxylic acids is 1. The summed E-state index contributed by atoms with van der Waals surface area (Å²) in [7, 11) is 1.62. The maximum Gasteiger partial charge on any atom is 0.472 e. The molecule has 0 aromatic heterocycles. The highest BCUT2D eigenvalue weighted by atomic mass is 31.2. The Morgan fingerprint density at radius 1 is 0.463 bits per heavy atom. The first-order chi connectivity index (χ1) is 32.6. The van der Waals surface area contributed by atoms with Crippen molar-refractivity contribution in [1.82, 2.24) is 0 Å². The molecule has 2 unspecified atom stereocenters. The third-order valence-electron chi connectivity index (χ3n) is 10.5. The lowest BCUT2D eigenvalue weighted by Crippen LogP contribution is -2.37. The lowest BCUT2D eigenvalue weighted by Gasteiger charge is -2.24. The number of phosphoric ester groups is 1. The summed E-state index contributed by atoms with van der Waals surface area (Å²) in [6.07, 6.45) is 71.1. The highest BCUT2D eigenvalue weighted by Gasteiger charge is 2.26. The van der Waals surface area contributed by atoms with E-state index in [1.165, 1.54) is 51.4 Å². The molecule has 0 heterocycles. The molecule has 8 nitrogen and oxygen atoms in total. The monoisotopic (exact) mass is 953 g/mol. The van der Waals surface area contributed by atoms with Gasteiger partial charge in [0.05, 0.1) is 34.4 Å². The molecule has 0 aromatic carbocycles. The molecule has 0 fully saturated rings. The van der Waals surface area contributed by atoms with Gasteiger partial charge >= 0.3 is 13.8 Å². The predicted octanol–water partition coefficient (Wildman–Crippen LogP) is 16.5. The second-order valence-corrected chi connectivity index (χ2v) is 19.6. The molecule has 2 atom stereocenters. The molecular weight excluding hydrogens is 854 g/mol. The van der Waals surface area contributed by atoms with E-state index in [0.717, 1.165) is 109 Å². The summed E-state index contributed by atoms with van der Waals surface area (Å²) >= 11 is 0. The first-order valence-electron chi connectivity index (χ1n) is 26.3. The van der Waals surface area contributed by atoms with Gasteiger partial charge in [0.2, 0.25) is 0 Å². The van der Waals surface area contributed by atoms with Crippen LogP contribution in [0.4, 0.5) is 0 Å². The van der Waals surface area contributed by atoms with Crippen molar-refractivity contribution < 1.29 is 37.3 Å². The van der Waals surface area contributed by atoms with Crippen molar-refractivity contribution in [3.05, 3.63) is 122 Å². The van der Waals surface area contributed by atoms with Crippen molar-refractivity contribution in [2.24, 2.45) is 0 Å². The molecule has 9 heteroatoms. The Hall–Kier alpha value is -3.10. The number of phosphoric acid groups is 1. The van der Waals surface area contributed by atoms with Crippen molar-refractivity contribution in [3.8, 4) is 0 Å². The molecule has 0 spiro atoms. The van der Waals surface area contributed by atoms with Gasteiger partial charge in [0.25, 0.3) is 0 Å². The van der Waals surface area contributed by atoms with Gasteiger partial charge < -0.3 is 18.9 Å². The standard InChI is InChI=1S/C58H98NO7P/c1-6-8-10-12-14-16-18-20-22-24-26-28-30-31-33-35-37-39-41-43-45-47-49-51-58(60)66-57(56-65-67(61,62)64-54-52-59(3,4)5)55-63-53-50-48-46-44-42-40-38-36-34-32-29-27-25-23-21-19-17-15-13-11-9-7-2/h8-11,14-17,20-23,26-29,34,36,40,42,57H,6-7,12-13,18-19,24-25,30-33,35,37-39,41,43-56H2,1-5H3/p+1/b10-8-,11-9-,16-14-,17-15-,22-20-,23-21-,28-26-,29-27-,36-34-,42-40-. The van der Waals surface area contributed by atoms with E-state index in [2.05, 4.69) is 135 Å². The van der Waals surface area contributed by atoms with E-state index in [0.29, 0.717) is 24.1 Å². The van der Waals surface area contributed by atoms with Crippen LogP contribution in [0.1, 0.15) is 181 Å². The van der Waals surface area contributed by atoms with Crippen molar-refractivity contribution in [2.45, 2.75) is 187 Å². The van der Waals surface area contributed by atoms with E-state index in [4.69, 9.17) is 18.5 Å². The van der Waals surface area contributed by atoms with Gasteiger partial charge in [-0.05, 0) is 103 Å². The van der Waals surface area contributed by atoms with Gasteiger partial charge in [-0.3, -0.25) is 13.8 Å². The van der Waals surface area contributed by atoms with E-state index in [1.807, 2.05) is 21.1 Å². The molecule has 0 rings (SSSR count). The number of hydrogen-bond acceptors (Lipinski definition) is 6. The molecule has 0 aliphatic heterocycles. The van der Waals surface area contributed by atoms with Crippen LogP contribution in [-0.2, 0) is 27.9 Å². The molecule has 0 saturated carbocycles. The highest BCUT2D eigenvalue weighted by Crippen LogP contribution is 2.43. The largest absolute Gasteiger partial charge is 0.472 e. The molecule has 0 saturated heterocycles. The fourth-order valence-corrected chi connectivity index (χ4v) is 7.29. The number of likely N-dealkylation sites (N-methyl/N-ethyl adjacent to an activating group) is 1. The molecular formula is C58H99NO7P+. The lowest BCUT2D eigenvalue weighted by atomic mass is 10.0. The van der Waals surface area contributed by atoms with Gasteiger partial charge in [-0.1, -0.05) is 193 Å². The fraction of sp³-hybridized carbons (Fsp3) is 0.638. The second-order valence-electron chi connectivity index (χ2n) is 18.1. The summed E-state index contributed by atoms with van der Waals surface area (Å²) in [4.78, 5) is 23.0. The summed E-state index contributed by atoms with van der Waals surface area (Å²) in [5.41, 5.74) is 0. The Kier molecular flexibility index (Phi) is 47.0. The predicted molar refractivity (Wildman–Crippen MR) is 288 cm³/mol. The van der Waals surface area contributed by atoms with Crippen LogP contribution in [0.5, 0.6) is 0 Å². The summed E-state index contributed by atoms with van der Waals surface area (Å²) in [5.74, 6) is -0.336. The minimum Gasteiger partial charge on any atom is -0.457 e. The van der Waals surface area contributed by atoms with Crippen LogP contribution < -0.4 is 0 Å². The number of esters is 1. The summed E-state index contributed by atoms with van der Waals surface area (Å²) < 4.78 is 35.1. The number of rotatable bonds is 47. The number of unbranched alkanes of at least 4 members (excludes halogenated alkanes) is 13. The molecule has 0 aliphatic carbocycles. The van der Waals surface area contributed by atoms with Crippen LogP contribution in [0.15, 0.2) is 122 Å². The molecule has 0 aromatic rings. The zero-order valence-corrected chi connectivity index (χ0v) is 44.2. The average molecular weight is 953 g/mol. The van der Waals surface area contributed by atoms with Crippen molar-refractivity contribution >= 4 is 13.8 Å². The van der Waals surface area contributed by atoms with Gasteiger partial charge in [0.1, 0.15) is 19.3 Å². The average Bonchev–Trinajstić information content (AvgIpc) is 3.29. The second kappa shape index (κ2) is 49.3. The van der Waals surface area contributed by atoms with Crippen LogP contribution in [-0.4, -0.2) is 75.6 Å². The van der Waals surface area contributed by atoms with Crippen molar-refractivity contribution in [3.63, 3.8) is 0 Å². The molecule has 0 radical (unpaired) electrons. The van der Waals surface area contributed by atoms with Crippen molar-refractivity contribution in [1.29, 1.82) is 0 Å². The fourth-order valence-electron chi connectivity index (χ4n) is 6.55. The van der Waals surface area contributed by atoms with E-state index in [9.17, 15) is 14.3 Å². The molecule has 0 amide bonds. The van der Waals surface area contributed by atoms with E-state index < -0.39 is 13.9 Å². The minimum absolute atomic E-state index is 0.0735. The van der Waals surface area contributed by atoms with Gasteiger partial charge in [-0.2, -0.15) is 0 Å². The number of allylic oxidation sites excluding steroid dienone is 20. The normalized spacial score (nSPS) is 14.5. The zero-order chi connectivity index (χ0) is 49.0. The van der Waals surface area contributed by atoms with Gasteiger partial charge in [-0.15, -0.1) is 0 Å². The number of carbonyl (C=O) groups is 1. The molecule has 0 bridgehead atoms. The smallest absolute Gasteiger partial charge is 0.457 e. The Bertz CT molecular complexity index is 1480. The first-order valence-corrected chi connectivity index (χ1v) is 27.8. The Morgan fingerprint density at radius 3 is 1.22 bits per heavy atom. The topological polar surface area (TPSA) is 91.3 Å². The third-order valence-corrected chi connectivity index (χ3v) is 11.5. The Morgan fingerprint density at radius 2 is 0.821 bits per heavy atom. The Balaban J connectivity index is 4.24. The number of quaternary nitrogens is 1. The highest BCUT2D eigenvalue weighted by molar-refractivity contribution is 7.47. The molecule has 0 aliphatic rings. The maximum absolute atomic E-state index is 12.8. The number of nitrogens with zero attached hydrogens (tertiary/aromatic N) is 1. The van der Waals surface area contributed by atoms with Crippen LogP contribution >= 0.6 is 7.82 Å². The Labute approximate surface area is 412 Å². The van der Waals surface area contributed by atoms with Crippen LogP contribution in [0.2, 0.25) is 0 Å². The van der Waals surface area contributed by atoms with Crippen LogP contribution in [0.25, 0.3) is 0 Å². The van der Waals surface area contributed by atoms with E-state index in [1.54, 1.807) is 0 Å². The van der Waals surface area contributed by atoms with E-state index in [-0.39, 0.29) is 25.8 Å². The summed E-state index contributed by atoms with van der Waals surface area (Å²) in [6, 6.07) is 0. The van der Waals surface area contributed by atoms with Crippen LogP contribution in [0.3, 0.4) is 0 Å². The van der Waals surface area contributed by atoms with Crippen molar-refractivity contribution in [2.75, 3.05) is 54.1 Å². The molecule has 382 valence electrons. The van der Waals surface area contributed by atoms with Gasteiger partial charge in [-0.25, -0.2) is 4.57 Å². The third kappa shape index (κ3) is 53.7. The van der Waals surface area contributed by atoms with E-state index >= 15 is 0 Å². The van der Waals surface area contributed by atoms with Crippen LogP contribution in [0, 0.1) is 0 Å². The SMILES string of the molecule is CC/C=C\C/C=C\C/C=C\C/C=C\C/C=C\C/C=C\CCCCCOCC(COP(=O)(O)OCC[N+](C)(C)C)OC(=O)CCCCCCCCCCCC/C=C\C/C=C\C/C=C\C/C=C\CC. The van der Waals surface area contributed by atoms with Gasteiger partial charge in [0, 0.05) is 13.0 Å². The first kappa shape index (κ1) is 63.9. The van der Waals surface area contributed by atoms with Gasteiger partial charge in [0.15, 0.2) is 0 Å². The zero-order valence-electron chi connectivity index (χ0n) is 43.3. The number of hydrogen-bond donors (Lipinski definition) is 1. The number of ether oxygens (including phenoxy) is 2. The molecule has 67 heavy (non-hydrogen) atoms.